The number of hydrogen-bond donors (Lipinski definition) is 3. The molecule has 0 bridgehead atoms. The van der Waals surface area contributed by atoms with Crippen LogP contribution in [-0.4, -0.2) is 32.1 Å². The third-order valence-corrected chi connectivity index (χ3v) is 4.31. The summed E-state index contributed by atoms with van der Waals surface area (Å²) in [4.78, 5) is 20.6. The van der Waals surface area contributed by atoms with Gasteiger partial charge < -0.3 is 16.0 Å². The summed E-state index contributed by atoms with van der Waals surface area (Å²) in [5.41, 5.74) is 0.539. The van der Waals surface area contributed by atoms with Crippen molar-refractivity contribution < 1.29 is 4.79 Å². The van der Waals surface area contributed by atoms with Crippen LogP contribution in [0.3, 0.4) is 0 Å². The van der Waals surface area contributed by atoms with Gasteiger partial charge in [-0.1, -0.05) is 32.1 Å². The first-order valence-electron chi connectivity index (χ1n) is 7.10. The number of aryl methyl sites for hydroxylation is 1. The number of aromatic nitrogens is 4. The highest BCUT2D eigenvalue weighted by Gasteiger charge is 2.30. The van der Waals surface area contributed by atoms with E-state index >= 15 is 0 Å². The van der Waals surface area contributed by atoms with Crippen molar-refractivity contribution in [3.63, 3.8) is 0 Å². The fourth-order valence-electron chi connectivity index (χ4n) is 2.14. The number of amides is 1. The molecule has 1 aliphatic rings. The first kappa shape index (κ1) is 14.6. The van der Waals surface area contributed by atoms with Crippen molar-refractivity contribution in [2.75, 3.05) is 16.0 Å². The molecule has 1 amide bonds. The first-order chi connectivity index (χ1) is 10.6. The molecular formula is C13H17N7OS. The lowest BCUT2D eigenvalue weighted by Gasteiger charge is -2.28. The number of fused-ring (bicyclic) bond motifs is 1. The van der Waals surface area contributed by atoms with Crippen LogP contribution in [0, 0.1) is 5.92 Å². The van der Waals surface area contributed by atoms with E-state index in [-0.39, 0.29) is 17.9 Å². The van der Waals surface area contributed by atoms with Gasteiger partial charge in [-0.05, 0) is 12.3 Å². The summed E-state index contributed by atoms with van der Waals surface area (Å²) in [6.45, 7) is 5.99. The molecule has 22 heavy (non-hydrogen) atoms. The second kappa shape index (κ2) is 5.84. The highest BCUT2D eigenvalue weighted by Crippen LogP contribution is 2.33. The van der Waals surface area contributed by atoms with Gasteiger partial charge in [0.05, 0.1) is 0 Å². The summed E-state index contributed by atoms with van der Waals surface area (Å²) in [5, 5.41) is 18.8. The van der Waals surface area contributed by atoms with E-state index in [0.29, 0.717) is 22.5 Å². The summed E-state index contributed by atoms with van der Waals surface area (Å²) in [7, 11) is 0. The van der Waals surface area contributed by atoms with Crippen molar-refractivity contribution in [2.24, 2.45) is 5.92 Å². The fraction of sp³-hybridized carbons (Fsp3) is 0.462. The third kappa shape index (κ3) is 2.71. The Kier molecular flexibility index (Phi) is 3.88. The zero-order chi connectivity index (χ0) is 15.7. The number of nitrogens with zero attached hydrogens (tertiary/aromatic N) is 4. The quantitative estimate of drug-likeness (QED) is 0.792. The van der Waals surface area contributed by atoms with E-state index in [2.05, 4.69) is 36.1 Å². The van der Waals surface area contributed by atoms with Crippen LogP contribution >= 0.6 is 11.3 Å². The molecule has 0 aliphatic carbocycles. The van der Waals surface area contributed by atoms with E-state index < -0.39 is 0 Å². The van der Waals surface area contributed by atoms with E-state index in [1.54, 1.807) is 0 Å². The van der Waals surface area contributed by atoms with Crippen molar-refractivity contribution in [1.82, 2.24) is 20.2 Å². The number of carbonyl (C=O) groups excluding carboxylic acids is 1. The smallest absolute Gasteiger partial charge is 0.247 e. The predicted molar refractivity (Wildman–Crippen MR) is 85.5 cm³/mol. The Labute approximate surface area is 131 Å². The Morgan fingerprint density at radius 1 is 1.36 bits per heavy atom. The molecule has 1 unspecified atom stereocenters. The third-order valence-electron chi connectivity index (χ3n) is 3.33. The minimum absolute atomic E-state index is 0.0909. The number of rotatable bonds is 4. The number of nitrogens with one attached hydrogen (secondary N) is 3. The Bertz CT molecular complexity index is 699. The van der Waals surface area contributed by atoms with Crippen molar-refractivity contribution in [3.05, 3.63) is 11.3 Å². The standard InChI is InChI=1S/C13H17N7OS/c1-4-7-19-20-13(22-7)18-11-9-10(14-5-15-11)16-8(6(2)3)12(21)17-9/h5-6,8H,4H2,1-3H3,(H,17,21)(H2,14,15,16,18,20). The van der Waals surface area contributed by atoms with Gasteiger partial charge in [-0.2, -0.15) is 0 Å². The molecule has 116 valence electrons. The van der Waals surface area contributed by atoms with Crippen LogP contribution in [0.15, 0.2) is 6.33 Å². The van der Waals surface area contributed by atoms with Gasteiger partial charge in [-0.15, -0.1) is 10.2 Å². The lowest BCUT2D eigenvalue weighted by molar-refractivity contribution is -0.117. The average molecular weight is 319 g/mol. The molecule has 1 aliphatic heterocycles. The molecule has 3 N–H and O–H groups in total. The summed E-state index contributed by atoms with van der Waals surface area (Å²) in [5.74, 6) is 1.18. The van der Waals surface area contributed by atoms with Gasteiger partial charge >= 0.3 is 0 Å². The Morgan fingerprint density at radius 2 is 2.18 bits per heavy atom. The molecule has 0 saturated carbocycles. The van der Waals surface area contributed by atoms with Crippen LogP contribution in [0.2, 0.25) is 0 Å². The highest BCUT2D eigenvalue weighted by molar-refractivity contribution is 7.15. The molecule has 2 aromatic rings. The molecule has 9 heteroatoms. The number of anilines is 4. The van der Waals surface area contributed by atoms with Crippen LogP contribution in [0.5, 0.6) is 0 Å². The summed E-state index contributed by atoms with van der Waals surface area (Å²) >= 11 is 1.46. The predicted octanol–water partition coefficient (Wildman–Crippen LogP) is 2.02. The highest BCUT2D eigenvalue weighted by atomic mass is 32.1. The van der Waals surface area contributed by atoms with E-state index in [1.165, 1.54) is 17.7 Å². The summed E-state index contributed by atoms with van der Waals surface area (Å²) in [6, 6.07) is -0.302. The summed E-state index contributed by atoms with van der Waals surface area (Å²) in [6.07, 6.45) is 2.28. The SMILES string of the molecule is CCc1nnc(Nc2ncnc3c2NC(=O)C(C(C)C)N3)s1. The molecule has 0 radical (unpaired) electrons. The van der Waals surface area contributed by atoms with E-state index in [4.69, 9.17) is 0 Å². The van der Waals surface area contributed by atoms with Crippen molar-refractivity contribution in [2.45, 2.75) is 33.2 Å². The second-order valence-electron chi connectivity index (χ2n) is 5.28. The van der Waals surface area contributed by atoms with Crippen LogP contribution in [-0.2, 0) is 11.2 Å². The summed E-state index contributed by atoms with van der Waals surface area (Å²) < 4.78 is 0. The molecule has 3 heterocycles. The van der Waals surface area contributed by atoms with Gasteiger partial charge in [-0.3, -0.25) is 4.79 Å². The number of carbonyl (C=O) groups is 1. The molecular weight excluding hydrogens is 302 g/mol. The molecule has 2 aromatic heterocycles. The maximum Gasteiger partial charge on any atom is 0.247 e. The first-order valence-corrected chi connectivity index (χ1v) is 7.92. The molecule has 0 saturated heterocycles. The van der Waals surface area contributed by atoms with Gasteiger partial charge in [0, 0.05) is 0 Å². The monoisotopic (exact) mass is 319 g/mol. The van der Waals surface area contributed by atoms with Crippen LogP contribution < -0.4 is 16.0 Å². The van der Waals surface area contributed by atoms with Gasteiger partial charge in [0.25, 0.3) is 0 Å². The van der Waals surface area contributed by atoms with Gasteiger partial charge in [-0.25, -0.2) is 9.97 Å². The van der Waals surface area contributed by atoms with Gasteiger partial charge in [0.2, 0.25) is 11.0 Å². The maximum atomic E-state index is 12.2. The Balaban J connectivity index is 1.88. The van der Waals surface area contributed by atoms with E-state index in [0.717, 1.165) is 11.4 Å². The molecule has 8 nitrogen and oxygen atoms in total. The van der Waals surface area contributed by atoms with Crippen LogP contribution in [0.1, 0.15) is 25.8 Å². The van der Waals surface area contributed by atoms with Crippen molar-refractivity contribution in [1.29, 1.82) is 0 Å². The molecule has 0 spiro atoms. The van der Waals surface area contributed by atoms with Gasteiger partial charge in [0.15, 0.2) is 11.6 Å². The normalized spacial score (nSPS) is 16.9. The zero-order valence-corrected chi connectivity index (χ0v) is 13.4. The number of hydrogen-bond acceptors (Lipinski definition) is 8. The Hall–Kier alpha value is -2.29. The molecule has 1 atom stereocenters. The second-order valence-corrected chi connectivity index (χ2v) is 6.34. The molecule has 0 aromatic carbocycles. The minimum Gasteiger partial charge on any atom is -0.356 e. The van der Waals surface area contributed by atoms with Crippen molar-refractivity contribution >= 4 is 39.7 Å². The molecule has 0 fully saturated rings. The average Bonchev–Trinajstić information content (AvgIpc) is 2.95. The van der Waals surface area contributed by atoms with Gasteiger partial charge in [0.1, 0.15) is 23.1 Å². The zero-order valence-electron chi connectivity index (χ0n) is 12.5. The van der Waals surface area contributed by atoms with Crippen molar-refractivity contribution in [3.8, 4) is 0 Å². The Morgan fingerprint density at radius 3 is 2.86 bits per heavy atom. The fourth-order valence-corrected chi connectivity index (χ4v) is 2.82. The lowest BCUT2D eigenvalue weighted by Crippen LogP contribution is -2.43. The topological polar surface area (TPSA) is 105 Å². The maximum absolute atomic E-state index is 12.2. The van der Waals surface area contributed by atoms with E-state index in [1.807, 2.05) is 20.8 Å². The van der Waals surface area contributed by atoms with E-state index in [9.17, 15) is 4.79 Å². The molecule has 3 rings (SSSR count). The largest absolute Gasteiger partial charge is 0.356 e. The van der Waals surface area contributed by atoms with Crippen LogP contribution in [0.4, 0.5) is 22.5 Å². The lowest BCUT2D eigenvalue weighted by atomic mass is 10.0. The minimum atomic E-state index is -0.302. The van der Waals surface area contributed by atoms with Crippen LogP contribution in [0.25, 0.3) is 0 Å².